The van der Waals surface area contributed by atoms with Crippen LogP contribution >= 0.6 is 0 Å². The number of hydrogen-bond donors (Lipinski definition) is 1. The van der Waals surface area contributed by atoms with Crippen molar-refractivity contribution in [1.82, 2.24) is 0 Å². The molecule has 0 saturated carbocycles. The van der Waals surface area contributed by atoms with Crippen molar-refractivity contribution in [3.8, 4) is 0 Å². The van der Waals surface area contributed by atoms with Crippen molar-refractivity contribution in [2.24, 2.45) is 0 Å². The number of aryl methyl sites for hydroxylation is 1. The fourth-order valence-electron chi connectivity index (χ4n) is 3.03. The minimum Gasteiger partial charge on any atom is -0.383 e. The van der Waals surface area contributed by atoms with Crippen LogP contribution in [0.15, 0.2) is 48.5 Å². The number of benzene rings is 2. The zero-order valence-electron chi connectivity index (χ0n) is 12.3. The van der Waals surface area contributed by atoms with E-state index in [0.717, 1.165) is 19.5 Å². The zero-order valence-corrected chi connectivity index (χ0v) is 12.3. The van der Waals surface area contributed by atoms with E-state index in [1.165, 1.54) is 22.5 Å². The molecule has 0 fully saturated rings. The minimum atomic E-state index is 0.526. The molecule has 104 valence electrons. The monoisotopic (exact) mass is 266 g/mol. The maximum Gasteiger partial charge on any atom is 0.0503 e. The first-order chi connectivity index (χ1) is 9.78. The molecule has 0 aliphatic carbocycles. The fraction of sp³-hybridized carbons (Fsp3) is 0.333. The third-order valence-electron chi connectivity index (χ3n) is 4.15. The summed E-state index contributed by atoms with van der Waals surface area (Å²) < 4.78 is 0. The van der Waals surface area contributed by atoms with Crippen LogP contribution in [0.3, 0.4) is 0 Å². The summed E-state index contributed by atoms with van der Waals surface area (Å²) in [5.74, 6) is 0. The van der Waals surface area contributed by atoms with E-state index in [4.69, 9.17) is 0 Å². The van der Waals surface area contributed by atoms with Gasteiger partial charge in [0.1, 0.15) is 0 Å². The van der Waals surface area contributed by atoms with Gasteiger partial charge in [-0.2, -0.15) is 0 Å². The normalized spacial score (nSPS) is 17.2. The van der Waals surface area contributed by atoms with Gasteiger partial charge in [-0.15, -0.1) is 0 Å². The highest BCUT2D eigenvalue weighted by molar-refractivity contribution is 5.56. The molecule has 1 heterocycles. The van der Waals surface area contributed by atoms with E-state index in [9.17, 15) is 0 Å². The molecule has 1 N–H and O–H groups in total. The Labute approximate surface area is 121 Å². The first kappa shape index (κ1) is 13.0. The number of nitrogens with one attached hydrogen (secondary N) is 1. The predicted octanol–water partition coefficient (Wildman–Crippen LogP) is 3.86. The number of rotatable bonds is 3. The Bertz CT molecular complexity index is 574. The van der Waals surface area contributed by atoms with E-state index in [1.807, 2.05) is 0 Å². The summed E-state index contributed by atoms with van der Waals surface area (Å²) in [7, 11) is 0. The molecule has 1 atom stereocenters. The van der Waals surface area contributed by atoms with Gasteiger partial charge in [0, 0.05) is 24.5 Å². The smallest absolute Gasteiger partial charge is 0.0503 e. The lowest BCUT2D eigenvalue weighted by Gasteiger charge is -2.36. The maximum atomic E-state index is 3.57. The summed E-state index contributed by atoms with van der Waals surface area (Å²) in [6, 6.07) is 18.0. The molecule has 0 saturated heterocycles. The maximum absolute atomic E-state index is 3.57. The fourth-order valence-corrected chi connectivity index (χ4v) is 3.03. The first-order valence-electron chi connectivity index (χ1n) is 7.43. The summed E-state index contributed by atoms with van der Waals surface area (Å²) >= 11 is 0. The average molecular weight is 266 g/mol. The molecule has 2 aromatic carbocycles. The Morgan fingerprint density at radius 1 is 1.10 bits per heavy atom. The van der Waals surface area contributed by atoms with Gasteiger partial charge in [-0.05, 0) is 44.0 Å². The molecule has 1 unspecified atom stereocenters. The Morgan fingerprint density at radius 2 is 1.85 bits per heavy atom. The molecule has 0 amide bonds. The van der Waals surface area contributed by atoms with Crippen LogP contribution in [0, 0.1) is 6.92 Å². The van der Waals surface area contributed by atoms with Gasteiger partial charge in [0.15, 0.2) is 0 Å². The Kier molecular flexibility index (Phi) is 3.64. The Morgan fingerprint density at radius 3 is 2.60 bits per heavy atom. The van der Waals surface area contributed by atoms with E-state index in [-0.39, 0.29) is 0 Å². The van der Waals surface area contributed by atoms with Gasteiger partial charge in [-0.25, -0.2) is 0 Å². The van der Waals surface area contributed by atoms with E-state index >= 15 is 0 Å². The number of nitrogens with zero attached hydrogens (tertiary/aromatic N) is 1. The van der Waals surface area contributed by atoms with Gasteiger partial charge in [0.25, 0.3) is 0 Å². The van der Waals surface area contributed by atoms with Crippen LogP contribution in [0.5, 0.6) is 0 Å². The molecule has 3 rings (SSSR count). The van der Waals surface area contributed by atoms with Crippen molar-refractivity contribution in [3.05, 3.63) is 59.7 Å². The van der Waals surface area contributed by atoms with Crippen LogP contribution in [0.4, 0.5) is 11.4 Å². The summed E-state index contributed by atoms with van der Waals surface area (Å²) in [6.45, 7) is 6.43. The molecule has 0 radical (unpaired) electrons. The molecule has 0 aromatic heterocycles. The number of likely N-dealkylation sites (N-methyl/N-ethyl adjacent to an activating group) is 1. The van der Waals surface area contributed by atoms with Crippen molar-refractivity contribution in [2.75, 3.05) is 23.3 Å². The molecular weight excluding hydrogens is 244 g/mol. The minimum absolute atomic E-state index is 0.526. The lowest BCUT2D eigenvalue weighted by atomic mass is 9.98. The first-order valence-corrected chi connectivity index (χ1v) is 7.43. The number of anilines is 2. The molecule has 2 heteroatoms. The molecule has 2 aromatic rings. The number of fused-ring (bicyclic) bond motifs is 1. The van der Waals surface area contributed by atoms with Gasteiger partial charge in [0.2, 0.25) is 0 Å². The van der Waals surface area contributed by atoms with Crippen LogP contribution < -0.4 is 10.2 Å². The molecule has 1 aliphatic heterocycles. The van der Waals surface area contributed by atoms with Gasteiger partial charge in [-0.3, -0.25) is 0 Å². The largest absolute Gasteiger partial charge is 0.383 e. The van der Waals surface area contributed by atoms with E-state index < -0.39 is 0 Å². The van der Waals surface area contributed by atoms with E-state index in [0.29, 0.717) is 6.04 Å². The molecule has 0 spiro atoms. The lowest BCUT2D eigenvalue weighted by Crippen LogP contribution is -2.44. The zero-order chi connectivity index (χ0) is 13.9. The predicted molar refractivity (Wildman–Crippen MR) is 86.6 cm³/mol. The number of hydrogen-bond acceptors (Lipinski definition) is 2. The van der Waals surface area contributed by atoms with Crippen molar-refractivity contribution in [3.63, 3.8) is 0 Å². The summed E-state index contributed by atoms with van der Waals surface area (Å²) in [6.07, 6.45) is 1.12. The van der Waals surface area contributed by atoms with Gasteiger partial charge >= 0.3 is 0 Å². The highest BCUT2D eigenvalue weighted by Gasteiger charge is 2.23. The quantitative estimate of drug-likeness (QED) is 0.907. The van der Waals surface area contributed by atoms with Crippen LogP contribution in [-0.2, 0) is 6.42 Å². The van der Waals surface area contributed by atoms with Crippen LogP contribution in [0.2, 0.25) is 0 Å². The molecule has 1 aliphatic rings. The van der Waals surface area contributed by atoms with Crippen LogP contribution in [0.1, 0.15) is 18.1 Å². The molecule has 20 heavy (non-hydrogen) atoms. The van der Waals surface area contributed by atoms with E-state index in [1.54, 1.807) is 0 Å². The van der Waals surface area contributed by atoms with Gasteiger partial charge < -0.3 is 10.2 Å². The average Bonchev–Trinajstić information content (AvgIpc) is 2.50. The SMILES string of the molecule is CCN(c1ccc(C)cc1)C1CNc2ccccc2C1. The highest BCUT2D eigenvalue weighted by atomic mass is 15.2. The van der Waals surface area contributed by atoms with Crippen LogP contribution in [0.25, 0.3) is 0 Å². The molecule has 2 nitrogen and oxygen atoms in total. The van der Waals surface area contributed by atoms with Crippen molar-refractivity contribution in [1.29, 1.82) is 0 Å². The third-order valence-corrected chi connectivity index (χ3v) is 4.15. The summed E-state index contributed by atoms with van der Waals surface area (Å²) in [4.78, 5) is 2.50. The Hall–Kier alpha value is -1.96. The third kappa shape index (κ3) is 2.51. The highest BCUT2D eigenvalue weighted by Crippen LogP contribution is 2.26. The summed E-state index contributed by atoms with van der Waals surface area (Å²) in [5, 5.41) is 3.57. The topological polar surface area (TPSA) is 15.3 Å². The second-order valence-electron chi connectivity index (χ2n) is 5.52. The molecular formula is C18H22N2. The van der Waals surface area contributed by atoms with Crippen molar-refractivity contribution >= 4 is 11.4 Å². The number of para-hydroxylation sites is 1. The standard InChI is InChI=1S/C18H22N2/c1-3-20(16-10-8-14(2)9-11-16)17-12-15-6-4-5-7-18(15)19-13-17/h4-11,17,19H,3,12-13H2,1-2H3. The Balaban J connectivity index is 1.83. The van der Waals surface area contributed by atoms with Crippen molar-refractivity contribution in [2.45, 2.75) is 26.3 Å². The second-order valence-corrected chi connectivity index (χ2v) is 5.52. The molecule has 0 bridgehead atoms. The van der Waals surface area contributed by atoms with Crippen molar-refractivity contribution < 1.29 is 0 Å². The van der Waals surface area contributed by atoms with Crippen LogP contribution in [-0.4, -0.2) is 19.1 Å². The summed E-state index contributed by atoms with van der Waals surface area (Å²) in [5.41, 5.74) is 5.36. The lowest BCUT2D eigenvalue weighted by molar-refractivity contribution is 0.606. The van der Waals surface area contributed by atoms with E-state index in [2.05, 4.69) is 72.6 Å². The second kappa shape index (κ2) is 5.58. The van der Waals surface area contributed by atoms with Gasteiger partial charge in [-0.1, -0.05) is 35.9 Å². The van der Waals surface area contributed by atoms with Gasteiger partial charge in [0.05, 0.1) is 6.04 Å².